The lowest BCUT2D eigenvalue weighted by atomic mass is 10.0. The number of hydrogen-bond acceptors (Lipinski definition) is 5. The first-order valence-corrected chi connectivity index (χ1v) is 10.1. The van der Waals surface area contributed by atoms with E-state index in [1.807, 2.05) is 12.1 Å². The molecule has 0 fully saturated rings. The maximum atomic E-state index is 11.9. The summed E-state index contributed by atoms with van der Waals surface area (Å²) < 4.78 is 5.37. The zero-order valence-electron chi connectivity index (χ0n) is 15.0. The van der Waals surface area contributed by atoms with Gasteiger partial charge in [0.2, 0.25) is 0 Å². The van der Waals surface area contributed by atoms with Gasteiger partial charge < -0.3 is 15.6 Å². The second kappa shape index (κ2) is 9.06. The summed E-state index contributed by atoms with van der Waals surface area (Å²) >= 11 is 1.51. The average molecular weight is 385 g/mol. The fourth-order valence-corrected chi connectivity index (χ4v) is 4.02. The molecule has 3 rings (SSSR count). The third kappa shape index (κ3) is 5.11. The van der Waals surface area contributed by atoms with Crippen molar-refractivity contribution in [2.75, 3.05) is 11.5 Å². The lowest BCUT2D eigenvalue weighted by Crippen LogP contribution is -2.30. The minimum Gasteiger partial charge on any atom is -0.480 e. The van der Waals surface area contributed by atoms with Crippen LogP contribution < -0.4 is 5.73 Å². The number of ether oxygens (including phenoxy) is 1. The van der Waals surface area contributed by atoms with E-state index in [2.05, 4.69) is 30.3 Å². The Balaban J connectivity index is 1.42. The summed E-state index contributed by atoms with van der Waals surface area (Å²) in [5.41, 5.74) is 11.5. The van der Waals surface area contributed by atoms with Gasteiger partial charge in [-0.25, -0.2) is 0 Å². The summed E-state index contributed by atoms with van der Waals surface area (Å²) in [5, 5.41) is 8.71. The number of hydrogen-bond donors (Lipinski definition) is 2. The molecular formula is C21H23NO4S. The Hall–Kier alpha value is -2.31. The molecule has 0 unspecified atom stereocenters. The van der Waals surface area contributed by atoms with Crippen molar-refractivity contribution >= 4 is 23.7 Å². The first kappa shape index (κ1) is 19.5. The maximum absolute atomic E-state index is 11.9. The van der Waals surface area contributed by atoms with Crippen LogP contribution in [0.5, 0.6) is 0 Å². The molecule has 0 amide bonds. The third-order valence-electron chi connectivity index (χ3n) is 4.60. The van der Waals surface area contributed by atoms with Crippen LogP contribution >= 0.6 is 11.8 Å². The lowest BCUT2D eigenvalue weighted by molar-refractivity contribution is -0.144. The predicted octanol–water partition coefficient (Wildman–Crippen LogP) is 3.23. The van der Waals surface area contributed by atoms with Crippen LogP contribution in [0.3, 0.4) is 0 Å². The molecule has 2 aromatic carbocycles. The zero-order valence-corrected chi connectivity index (χ0v) is 15.8. The minimum absolute atomic E-state index is 0.245. The standard InChI is InChI=1S/C21H23NO4S/c22-19(21(24)25)7-9-27-10-8-20(23)26-13-14-5-6-16-12-15-3-1-2-4-17(15)18(16)11-14/h1-6,11,19H,7-10,12-13,22H2,(H,24,25)/t19-/m1/s1. The molecule has 3 N–H and O–H groups in total. The van der Waals surface area contributed by atoms with E-state index in [0.717, 1.165) is 12.0 Å². The molecule has 0 aliphatic heterocycles. The summed E-state index contributed by atoms with van der Waals surface area (Å²) in [6.07, 6.45) is 1.65. The highest BCUT2D eigenvalue weighted by Crippen LogP contribution is 2.36. The number of aliphatic carboxylic acids is 1. The summed E-state index contributed by atoms with van der Waals surface area (Å²) in [4.78, 5) is 22.5. The quantitative estimate of drug-likeness (QED) is 0.434. The second-order valence-electron chi connectivity index (χ2n) is 6.58. The van der Waals surface area contributed by atoms with E-state index in [4.69, 9.17) is 15.6 Å². The van der Waals surface area contributed by atoms with Crippen LogP contribution in [0.1, 0.15) is 29.5 Å². The average Bonchev–Trinajstić information content (AvgIpc) is 3.03. The molecule has 0 bridgehead atoms. The van der Waals surface area contributed by atoms with E-state index in [1.54, 1.807) is 0 Å². The number of nitrogens with two attached hydrogens (primary N) is 1. The van der Waals surface area contributed by atoms with E-state index in [-0.39, 0.29) is 12.6 Å². The Morgan fingerprint density at radius 2 is 1.89 bits per heavy atom. The maximum Gasteiger partial charge on any atom is 0.320 e. The Morgan fingerprint density at radius 1 is 1.11 bits per heavy atom. The monoisotopic (exact) mass is 385 g/mol. The van der Waals surface area contributed by atoms with Crippen molar-refractivity contribution < 1.29 is 19.4 Å². The number of thioether (sulfide) groups is 1. The predicted molar refractivity (Wildman–Crippen MR) is 107 cm³/mol. The van der Waals surface area contributed by atoms with Gasteiger partial charge >= 0.3 is 11.9 Å². The molecule has 0 saturated heterocycles. The molecule has 27 heavy (non-hydrogen) atoms. The first-order valence-electron chi connectivity index (χ1n) is 8.96. The van der Waals surface area contributed by atoms with Gasteiger partial charge in [-0.1, -0.05) is 36.4 Å². The van der Waals surface area contributed by atoms with Crippen molar-refractivity contribution in [2.45, 2.75) is 31.9 Å². The third-order valence-corrected chi connectivity index (χ3v) is 5.62. The molecule has 2 aromatic rings. The number of esters is 1. The topological polar surface area (TPSA) is 89.6 Å². The molecule has 6 heteroatoms. The van der Waals surface area contributed by atoms with E-state index >= 15 is 0 Å². The number of carbonyl (C=O) groups excluding carboxylic acids is 1. The van der Waals surface area contributed by atoms with Gasteiger partial charge in [-0.2, -0.15) is 11.8 Å². The molecule has 1 atom stereocenters. The Morgan fingerprint density at radius 3 is 2.70 bits per heavy atom. The number of fused-ring (bicyclic) bond motifs is 3. The number of carbonyl (C=O) groups is 2. The van der Waals surface area contributed by atoms with Gasteiger partial charge in [-0.3, -0.25) is 9.59 Å². The number of carboxylic acids is 1. The van der Waals surface area contributed by atoms with Crippen LogP contribution in [-0.4, -0.2) is 34.6 Å². The smallest absolute Gasteiger partial charge is 0.320 e. The van der Waals surface area contributed by atoms with Crippen molar-refractivity contribution in [3.05, 3.63) is 59.2 Å². The molecular weight excluding hydrogens is 362 g/mol. The van der Waals surface area contributed by atoms with Crippen molar-refractivity contribution in [2.24, 2.45) is 5.73 Å². The number of rotatable bonds is 9. The molecule has 0 radical (unpaired) electrons. The van der Waals surface area contributed by atoms with Crippen LogP contribution in [0, 0.1) is 0 Å². The van der Waals surface area contributed by atoms with E-state index in [0.29, 0.717) is 24.3 Å². The van der Waals surface area contributed by atoms with Crippen LogP contribution in [-0.2, 0) is 27.4 Å². The lowest BCUT2D eigenvalue weighted by Gasteiger charge is -2.08. The molecule has 0 heterocycles. The van der Waals surface area contributed by atoms with Crippen LogP contribution in [0.2, 0.25) is 0 Å². The summed E-state index contributed by atoms with van der Waals surface area (Å²) in [6, 6.07) is 13.8. The summed E-state index contributed by atoms with van der Waals surface area (Å²) in [5.74, 6) is -0.0221. The summed E-state index contributed by atoms with van der Waals surface area (Å²) in [7, 11) is 0. The van der Waals surface area contributed by atoms with E-state index < -0.39 is 12.0 Å². The van der Waals surface area contributed by atoms with Crippen molar-refractivity contribution in [3.8, 4) is 11.1 Å². The highest BCUT2D eigenvalue weighted by molar-refractivity contribution is 7.99. The first-order chi connectivity index (χ1) is 13.0. The molecule has 1 aliphatic carbocycles. The molecule has 0 aromatic heterocycles. The Bertz CT molecular complexity index is 837. The van der Waals surface area contributed by atoms with Gasteiger partial charge in [-0.15, -0.1) is 0 Å². The molecule has 5 nitrogen and oxygen atoms in total. The van der Waals surface area contributed by atoms with Gasteiger partial charge in [-0.05, 0) is 52.5 Å². The number of benzene rings is 2. The van der Waals surface area contributed by atoms with E-state index in [9.17, 15) is 9.59 Å². The minimum atomic E-state index is -0.994. The second-order valence-corrected chi connectivity index (χ2v) is 7.81. The van der Waals surface area contributed by atoms with Crippen molar-refractivity contribution in [1.82, 2.24) is 0 Å². The fraction of sp³-hybridized carbons (Fsp3) is 0.333. The molecule has 0 saturated carbocycles. The van der Waals surface area contributed by atoms with Crippen molar-refractivity contribution in [3.63, 3.8) is 0 Å². The molecule has 0 spiro atoms. The van der Waals surface area contributed by atoms with Gasteiger partial charge in [0.25, 0.3) is 0 Å². The van der Waals surface area contributed by atoms with Crippen LogP contribution in [0.25, 0.3) is 11.1 Å². The molecule has 142 valence electrons. The Kier molecular flexibility index (Phi) is 6.53. The van der Waals surface area contributed by atoms with Crippen LogP contribution in [0.4, 0.5) is 0 Å². The molecule has 1 aliphatic rings. The largest absolute Gasteiger partial charge is 0.480 e. The number of carboxylic acid groups (broad SMARTS) is 1. The Labute approximate surface area is 162 Å². The van der Waals surface area contributed by atoms with Gasteiger partial charge in [0.05, 0.1) is 6.42 Å². The highest BCUT2D eigenvalue weighted by Gasteiger charge is 2.18. The van der Waals surface area contributed by atoms with Gasteiger partial charge in [0, 0.05) is 5.75 Å². The van der Waals surface area contributed by atoms with Gasteiger partial charge in [0.15, 0.2) is 0 Å². The summed E-state index contributed by atoms with van der Waals surface area (Å²) in [6.45, 7) is 0.267. The fourth-order valence-electron chi connectivity index (χ4n) is 3.09. The zero-order chi connectivity index (χ0) is 19.2. The van der Waals surface area contributed by atoms with E-state index in [1.165, 1.54) is 34.0 Å². The van der Waals surface area contributed by atoms with Crippen molar-refractivity contribution in [1.29, 1.82) is 0 Å². The normalized spacial score (nSPS) is 12.9. The highest BCUT2D eigenvalue weighted by atomic mass is 32.2. The van der Waals surface area contributed by atoms with Gasteiger partial charge in [0.1, 0.15) is 12.6 Å². The SMILES string of the molecule is N[C@H](CCSCCC(=O)OCc1ccc2c(c1)-c1ccccc1C2)C(=O)O. The van der Waals surface area contributed by atoms with Crippen LogP contribution in [0.15, 0.2) is 42.5 Å².